The van der Waals surface area contributed by atoms with Crippen LogP contribution in [-0.4, -0.2) is 30.3 Å². The van der Waals surface area contributed by atoms with Crippen molar-refractivity contribution in [2.75, 3.05) is 7.05 Å². The van der Waals surface area contributed by atoms with E-state index in [4.69, 9.17) is 4.74 Å². The second-order valence-electron chi connectivity index (χ2n) is 5.59. The van der Waals surface area contributed by atoms with Crippen LogP contribution in [0.15, 0.2) is 22.9 Å². The van der Waals surface area contributed by atoms with Crippen LogP contribution in [0.2, 0.25) is 0 Å². The molecule has 1 aromatic rings. The molecule has 106 valence electrons. The summed E-state index contributed by atoms with van der Waals surface area (Å²) in [5, 5.41) is 3.47. The van der Waals surface area contributed by atoms with Crippen LogP contribution in [0.4, 0.5) is 0 Å². The van der Waals surface area contributed by atoms with Gasteiger partial charge in [0.2, 0.25) is 0 Å². The molecule has 1 aliphatic rings. The van der Waals surface area contributed by atoms with E-state index in [1.54, 1.807) is 0 Å². The summed E-state index contributed by atoms with van der Waals surface area (Å²) in [5.74, 6) is 1.12. The highest BCUT2D eigenvalue weighted by Gasteiger charge is 2.41. The van der Waals surface area contributed by atoms with Crippen molar-refractivity contribution in [3.05, 3.63) is 28.5 Å². The quantitative estimate of drug-likeness (QED) is 0.923. The van der Waals surface area contributed by atoms with Crippen LogP contribution in [0.3, 0.4) is 0 Å². The molecule has 1 aromatic heterocycles. The van der Waals surface area contributed by atoms with Gasteiger partial charge in [-0.1, -0.05) is 6.92 Å². The minimum absolute atomic E-state index is 0.308. The van der Waals surface area contributed by atoms with Gasteiger partial charge in [0.1, 0.15) is 0 Å². The fourth-order valence-corrected chi connectivity index (χ4v) is 3.65. The van der Waals surface area contributed by atoms with Gasteiger partial charge in [-0.25, -0.2) is 0 Å². The van der Waals surface area contributed by atoms with Crippen LogP contribution in [0.1, 0.15) is 26.3 Å². The largest absolute Gasteiger partial charge is 0.375 e. The van der Waals surface area contributed by atoms with Crippen LogP contribution in [0, 0.1) is 11.8 Å². The summed E-state index contributed by atoms with van der Waals surface area (Å²) in [6.45, 7) is 6.66. The number of nitrogens with zero attached hydrogens (tertiary/aromatic N) is 1. The lowest BCUT2D eigenvalue weighted by Crippen LogP contribution is -2.41. The highest BCUT2D eigenvalue weighted by molar-refractivity contribution is 9.10. The second kappa shape index (κ2) is 6.33. The van der Waals surface area contributed by atoms with Crippen LogP contribution in [-0.2, 0) is 11.2 Å². The Morgan fingerprint density at radius 1 is 1.32 bits per heavy atom. The van der Waals surface area contributed by atoms with Crippen molar-refractivity contribution in [1.82, 2.24) is 10.3 Å². The molecule has 0 saturated carbocycles. The van der Waals surface area contributed by atoms with Crippen molar-refractivity contribution in [2.24, 2.45) is 11.8 Å². The number of likely N-dealkylation sites (N-methyl/N-ethyl adjacent to an activating group) is 1. The summed E-state index contributed by atoms with van der Waals surface area (Å²) >= 11 is 3.48. The van der Waals surface area contributed by atoms with E-state index in [0.717, 1.165) is 10.9 Å². The van der Waals surface area contributed by atoms with E-state index in [1.165, 1.54) is 5.56 Å². The highest BCUT2D eigenvalue weighted by atomic mass is 79.9. The summed E-state index contributed by atoms with van der Waals surface area (Å²) in [7, 11) is 2.04. The predicted octanol–water partition coefficient (Wildman–Crippen LogP) is 3.03. The first kappa shape index (κ1) is 14.9. The maximum atomic E-state index is 5.97. The number of hydrogen-bond donors (Lipinski definition) is 1. The lowest BCUT2D eigenvalue weighted by Gasteiger charge is -2.28. The Bertz CT molecular complexity index is 426. The van der Waals surface area contributed by atoms with Gasteiger partial charge in [0.15, 0.2) is 0 Å². The van der Waals surface area contributed by atoms with Gasteiger partial charge in [-0.05, 0) is 60.8 Å². The summed E-state index contributed by atoms with van der Waals surface area (Å²) < 4.78 is 7.00. The van der Waals surface area contributed by atoms with Crippen LogP contribution >= 0.6 is 15.9 Å². The number of nitrogens with one attached hydrogen (secondary N) is 1. The molecule has 1 aliphatic heterocycles. The number of halogens is 1. The zero-order valence-corrected chi connectivity index (χ0v) is 13.6. The Kier molecular flexibility index (Phi) is 4.98. The number of pyridine rings is 1. The van der Waals surface area contributed by atoms with E-state index in [2.05, 4.69) is 53.1 Å². The van der Waals surface area contributed by atoms with Crippen molar-refractivity contribution in [2.45, 2.75) is 45.4 Å². The molecule has 0 amide bonds. The number of aromatic nitrogens is 1. The third-order valence-corrected chi connectivity index (χ3v) is 4.81. The zero-order chi connectivity index (χ0) is 14.0. The number of hydrogen-bond acceptors (Lipinski definition) is 3. The van der Waals surface area contributed by atoms with E-state index in [1.807, 2.05) is 19.4 Å². The van der Waals surface area contributed by atoms with E-state index in [-0.39, 0.29) is 0 Å². The molecule has 1 N–H and O–H groups in total. The maximum Gasteiger partial charge on any atom is 0.0597 e. The summed E-state index contributed by atoms with van der Waals surface area (Å²) in [4.78, 5) is 4.25. The molecule has 2 heterocycles. The molecular formula is C15H23BrN2O. The van der Waals surface area contributed by atoms with Crippen molar-refractivity contribution in [1.29, 1.82) is 0 Å². The molecule has 1 fully saturated rings. The molecule has 19 heavy (non-hydrogen) atoms. The van der Waals surface area contributed by atoms with Crippen molar-refractivity contribution in [3.8, 4) is 0 Å². The smallest absolute Gasteiger partial charge is 0.0597 e. The average molecular weight is 327 g/mol. The normalized spacial score (nSPS) is 32.5. The molecule has 0 radical (unpaired) electrons. The van der Waals surface area contributed by atoms with Gasteiger partial charge < -0.3 is 10.1 Å². The first-order valence-corrected chi connectivity index (χ1v) is 7.74. The molecule has 1 saturated heterocycles. The SMILES string of the molecule is CNC(Cc1cncc(Br)c1)C1C(C)OC(C)C1C. The standard InChI is InChI=1S/C15H23BrN2O/c1-9-10(2)19-11(3)15(9)14(17-4)6-12-5-13(16)8-18-7-12/h5,7-11,14-15,17H,6H2,1-4H3. The number of ether oxygens (including phenoxy) is 1. The Hall–Kier alpha value is -0.450. The summed E-state index contributed by atoms with van der Waals surface area (Å²) in [6, 6.07) is 2.57. The van der Waals surface area contributed by atoms with Crippen molar-refractivity contribution in [3.63, 3.8) is 0 Å². The Morgan fingerprint density at radius 2 is 2.05 bits per heavy atom. The van der Waals surface area contributed by atoms with Crippen molar-refractivity contribution < 1.29 is 4.74 Å². The first-order chi connectivity index (χ1) is 9.02. The van der Waals surface area contributed by atoms with Gasteiger partial charge in [-0.15, -0.1) is 0 Å². The average Bonchev–Trinajstić information content (AvgIpc) is 2.61. The summed E-state index contributed by atoms with van der Waals surface area (Å²) in [6.07, 6.45) is 5.41. The molecule has 0 spiro atoms. The highest BCUT2D eigenvalue weighted by Crippen LogP contribution is 2.35. The molecule has 5 atom stereocenters. The van der Waals surface area contributed by atoms with Gasteiger partial charge >= 0.3 is 0 Å². The fraction of sp³-hybridized carbons (Fsp3) is 0.667. The van der Waals surface area contributed by atoms with E-state index < -0.39 is 0 Å². The van der Waals surface area contributed by atoms with Crippen LogP contribution < -0.4 is 5.32 Å². The minimum atomic E-state index is 0.308. The van der Waals surface area contributed by atoms with Crippen LogP contribution in [0.25, 0.3) is 0 Å². The van der Waals surface area contributed by atoms with Gasteiger partial charge in [-0.2, -0.15) is 0 Å². The van der Waals surface area contributed by atoms with Gasteiger partial charge in [0.05, 0.1) is 12.2 Å². The molecule has 0 bridgehead atoms. The molecule has 2 rings (SSSR count). The Balaban J connectivity index is 2.12. The first-order valence-electron chi connectivity index (χ1n) is 6.95. The van der Waals surface area contributed by atoms with Gasteiger partial charge in [0, 0.05) is 28.8 Å². The Labute approximate surface area is 124 Å². The second-order valence-corrected chi connectivity index (χ2v) is 6.51. The molecule has 3 nitrogen and oxygen atoms in total. The number of rotatable bonds is 4. The van der Waals surface area contributed by atoms with Crippen molar-refractivity contribution >= 4 is 15.9 Å². The maximum absolute atomic E-state index is 5.97. The fourth-order valence-electron chi connectivity index (χ4n) is 3.24. The zero-order valence-electron chi connectivity index (χ0n) is 12.1. The monoisotopic (exact) mass is 326 g/mol. The third kappa shape index (κ3) is 3.36. The van der Waals surface area contributed by atoms with Gasteiger partial charge in [0.25, 0.3) is 0 Å². The minimum Gasteiger partial charge on any atom is -0.375 e. The van der Waals surface area contributed by atoms with E-state index >= 15 is 0 Å². The lowest BCUT2D eigenvalue weighted by molar-refractivity contribution is 0.0479. The third-order valence-electron chi connectivity index (χ3n) is 4.37. The predicted molar refractivity (Wildman–Crippen MR) is 81.2 cm³/mol. The Morgan fingerprint density at radius 3 is 2.58 bits per heavy atom. The van der Waals surface area contributed by atoms with Crippen LogP contribution in [0.5, 0.6) is 0 Å². The van der Waals surface area contributed by atoms with E-state index in [9.17, 15) is 0 Å². The molecule has 0 aromatic carbocycles. The molecule has 5 unspecified atom stereocenters. The molecular weight excluding hydrogens is 304 g/mol. The lowest BCUT2D eigenvalue weighted by atomic mass is 9.81. The molecule has 4 heteroatoms. The van der Waals surface area contributed by atoms with E-state index in [0.29, 0.717) is 30.1 Å². The summed E-state index contributed by atoms with van der Waals surface area (Å²) in [5.41, 5.74) is 1.26. The topological polar surface area (TPSA) is 34.2 Å². The molecule has 0 aliphatic carbocycles. The van der Waals surface area contributed by atoms with Gasteiger partial charge in [-0.3, -0.25) is 4.98 Å².